The topological polar surface area (TPSA) is 86.3 Å². The highest BCUT2D eigenvalue weighted by Gasteiger charge is 2.18. The van der Waals surface area contributed by atoms with Crippen LogP contribution in [0.25, 0.3) is 46.6 Å². The number of nitro benzene ring substituents is 2. The fourth-order valence-electron chi connectivity index (χ4n) is 8.77. The quantitative estimate of drug-likeness (QED) is 0.0617. The average Bonchev–Trinajstić information content (AvgIpc) is 3.47. The predicted molar refractivity (Wildman–Crippen MR) is 306 cm³/mol. The van der Waals surface area contributed by atoms with Crippen LogP contribution in [0.3, 0.4) is 0 Å². The molecule has 6 nitrogen and oxygen atoms in total. The second kappa shape index (κ2) is 24.2. The highest BCUT2D eigenvalue weighted by Crippen LogP contribution is 2.39. The molecule has 74 heavy (non-hydrogen) atoms. The Kier molecular flexibility index (Phi) is 16.0. The fraction of sp³-hybridized carbons (Fsp3) is 0. The molecule has 0 aliphatic heterocycles. The standard InChI is InChI=1S/2C34H25NO2/c2*36-35(37)32-24-20-27(21-25-32)17-16-26-18-22-31(23-19-26)34(30-14-8-3-9-15-30)33(28-10-4-1-5-11-28)29-12-6-2-7-13-29/h2*1-25H/b2*17-16+. The van der Waals surface area contributed by atoms with Crippen LogP contribution in [0, 0.1) is 20.2 Å². The van der Waals surface area contributed by atoms with E-state index >= 15 is 0 Å². The molecule has 0 aliphatic carbocycles. The van der Waals surface area contributed by atoms with Crippen LogP contribution >= 0.6 is 0 Å². The Labute approximate surface area is 431 Å². The summed E-state index contributed by atoms with van der Waals surface area (Å²) in [6.45, 7) is 0. The highest BCUT2D eigenvalue weighted by atomic mass is 16.6. The average molecular weight is 959 g/mol. The van der Waals surface area contributed by atoms with Crippen molar-refractivity contribution in [2.24, 2.45) is 0 Å². The van der Waals surface area contributed by atoms with Gasteiger partial charge in [0.15, 0.2) is 0 Å². The van der Waals surface area contributed by atoms with Gasteiger partial charge in [-0.1, -0.05) is 255 Å². The third-order valence-electron chi connectivity index (χ3n) is 12.4. The van der Waals surface area contributed by atoms with E-state index in [-0.39, 0.29) is 21.2 Å². The summed E-state index contributed by atoms with van der Waals surface area (Å²) in [5.41, 5.74) is 18.0. The molecule has 0 aromatic heterocycles. The summed E-state index contributed by atoms with van der Waals surface area (Å²) in [5.74, 6) is 0. The van der Waals surface area contributed by atoms with E-state index < -0.39 is 0 Å². The molecule has 10 aromatic carbocycles. The van der Waals surface area contributed by atoms with Crippen LogP contribution < -0.4 is 0 Å². The molecular weight excluding hydrogens is 909 g/mol. The minimum atomic E-state index is -0.386. The van der Waals surface area contributed by atoms with E-state index in [1.54, 1.807) is 24.3 Å². The first kappa shape index (κ1) is 49.0. The molecule has 0 N–H and O–H groups in total. The molecule has 0 atom stereocenters. The molecule has 0 bridgehead atoms. The van der Waals surface area contributed by atoms with Crippen LogP contribution in [0.2, 0.25) is 0 Å². The van der Waals surface area contributed by atoms with Crippen LogP contribution in [0.1, 0.15) is 66.8 Å². The Bertz CT molecular complexity index is 3230. The van der Waals surface area contributed by atoms with Gasteiger partial charge in [0.1, 0.15) is 0 Å². The maximum atomic E-state index is 10.9. The number of hydrogen-bond donors (Lipinski definition) is 0. The van der Waals surface area contributed by atoms with Crippen molar-refractivity contribution < 1.29 is 9.85 Å². The summed E-state index contributed by atoms with van der Waals surface area (Å²) in [7, 11) is 0. The minimum absolute atomic E-state index is 0.0920. The number of rotatable bonds is 14. The van der Waals surface area contributed by atoms with E-state index in [4.69, 9.17) is 0 Å². The van der Waals surface area contributed by atoms with E-state index in [1.807, 2.05) is 60.7 Å². The maximum Gasteiger partial charge on any atom is 0.269 e. The third kappa shape index (κ3) is 12.5. The van der Waals surface area contributed by atoms with Crippen molar-refractivity contribution in [2.75, 3.05) is 0 Å². The lowest BCUT2D eigenvalue weighted by Crippen LogP contribution is -1.97. The largest absolute Gasteiger partial charge is 0.269 e. The number of nitrogens with zero attached hydrogens (tertiary/aromatic N) is 2. The number of benzene rings is 10. The second-order valence-electron chi connectivity index (χ2n) is 17.3. The van der Waals surface area contributed by atoms with Gasteiger partial charge in [0.05, 0.1) is 9.85 Å². The molecule has 0 spiro atoms. The van der Waals surface area contributed by atoms with Crippen molar-refractivity contribution in [1.29, 1.82) is 0 Å². The lowest BCUT2D eigenvalue weighted by molar-refractivity contribution is -0.385. The molecule has 0 heterocycles. The van der Waals surface area contributed by atoms with Crippen LogP contribution in [0.4, 0.5) is 11.4 Å². The molecule has 0 amide bonds. The number of non-ortho nitro benzene ring substituents is 2. The Balaban J connectivity index is 0.000000182. The molecule has 10 aromatic rings. The van der Waals surface area contributed by atoms with E-state index in [9.17, 15) is 20.2 Å². The van der Waals surface area contributed by atoms with Gasteiger partial charge in [0, 0.05) is 24.3 Å². The van der Waals surface area contributed by atoms with Crippen molar-refractivity contribution in [3.63, 3.8) is 0 Å². The van der Waals surface area contributed by atoms with Crippen LogP contribution in [0.15, 0.2) is 279 Å². The fourth-order valence-corrected chi connectivity index (χ4v) is 8.77. The molecule has 0 unspecified atom stereocenters. The van der Waals surface area contributed by atoms with Gasteiger partial charge in [-0.2, -0.15) is 0 Å². The van der Waals surface area contributed by atoms with Crippen molar-refractivity contribution in [2.45, 2.75) is 0 Å². The first-order valence-corrected chi connectivity index (χ1v) is 24.2. The van der Waals surface area contributed by atoms with Gasteiger partial charge in [-0.25, -0.2) is 0 Å². The van der Waals surface area contributed by atoms with Gasteiger partial charge >= 0.3 is 0 Å². The molecule has 356 valence electrons. The molecule has 10 rings (SSSR count). The zero-order valence-corrected chi connectivity index (χ0v) is 40.4. The summed E-state index contributed by atoms with van der Waals surface area (Å²) in [4.78, 5) is 21.0. The van der Waals surface area contributed by atoms with E-state index in [0.717, 1.165) is 66.8 Å². The Morgan fingerprint density at radius 2 is 0.392 bits per heavy atom. The maximum absolute atomic E-state index is 10.9. The molecule has 0 saturated heterocycles. The van der Waals surface area contributed by atoms with Crippen molar-refractivity contribution in [3.05, 3.63) is 366 Å². The zero-order chi connectivity index (χ0) is 50.9. The van der Waals surface area contributed by atoms with Crippen LogP contribution in [-0.4, -0.2) is 9.85 Å². The van der Waals surface area contributed by atoms with Gasteiger partial charge in [-0.05, 0) is 113 Å². The Hall–Kier alpha value is -10.0. The third-order valence-corrected chi connectivity index (χ3v) is 12.4. The van der Waals surface area contributed by atoms with E-state index in [0.29, 0.717) is 0 Å². The SMILES string of the molecule is O=[N+]([O-])c1ccc(/C=C/c2ccc(C(=C(c3ccccc3)c3ccccc3)c3ccccc3)cc2)cc1.O=[N+]([O-])c1ccc(/C=C/c2ccc(C(=C(c3ccccc3)c3ccccc3)c3ccccc3)cc2)cc1. The molecule has 6 heteroatoms. The summed E-state index contributed by atoms with van der Waals surface area (Å²) in [5, 5.41) is 21.8. The summed E-state index contributed by atoms with van der Waals surface area (Å²) in [6.07, 6.45) is 7.97. The summed E-state index contributed by atoms with van der Waals surface area (Å²) >= 11 is 0. The summed E-state index contributed by atoms with van der Waals surface area (Å²) < 4.78 is 0. The molecule has 0 saturated carbocycles. The molecule has 0 aliphatic rings. The highest BCUT2D eigenvalue weighted by molar-refractivity contribution is 6.05. The van der Waals surface area contributed by atoms with Gasteiger partial charge in [0.25, 0.3) is 11.4 Å². The zero-order valence-electron chi connectivity index (χ0n) is 40.4. The van der Waals surface area contributed by atoms with Crippen molar-refractivity contribution >= 4 is 58.0 Å². The Morgan fingerprint density at radius 1 is 0.230 bits per heavy atom. The van der Waals surface area contributed by atoms with E-state index in [2.05, 4.69) is 194 Å². The smallest absolute Gasteiger partial charge is 0.258 e. The Morgan fingerprint density at radius 3 is 0.568 bits per heavy atom. The minimum Gasteiger partial charge on any atom is -0.258 e. The van der Waals surface area contributed by atoms with Gasteiger partial charge in [-0.15, -0.1) is 0 Å². The first-order chi connectivity index (χ1) is 36.4. The van der Waals surface area contributed by atoms with Crippen molar-refractivity contribution in [1.82, 2.24) is 0 Å². The molecule has 0 fully saturated rings. The van der Waals surface area contributed by atoms with Gasteiger partial charge < -0.3 is 0 Å². The predicted octanol–water partition coefficient (Wildman–Crippen LogP) is 17.5. The molecular formula is C68H50N2O4. The lowest BCUT2D eigenvalue weighted by Gasteiger charge is -2.18. The number of nitro groups is 2. The second-order valence-corrected chi connectivity index (χ2v) is 17.3. The van der Waals surface area contributed by atoms with Gasteiger partial charge in [-0.3, -0.25) is 20.2 Å². The van der Waals surface area contributed by atoms with Crippen molar-refractivity contribution in [3.8, 4) is 0 Å². The van der Waals surface area contributed by atoms with E-state index in [1.165, 1.54) is 46.6 Å². The first-order valence-electron chi connectivity index (χ1n) is 24.2. The van der Waals surface area contributed by atoms with Crippen LogP contribution in [-0.2, 0) is 0 Å². The summed E-state index contributed by atoms with van der Waals surface area (Å²) in [6, 6.07) is 93.2. The number of hydrogen-bond acceptors (Lipinski definition) is 4. The lowest BCUT2D eigenvalue weighted by atomic mass is 9.85. The normalized spacial score (nSPS) is 10.8. The van der Waals surface area contributed by atoms with Crippen LogP contribution in [0.5, 0.6) is 0 Å². The van der Waals surface area contributed by atoms with Gasteiger partial charge in [0.2, 0.25) is 0 Å². The molecule has 0 radical (unpaired) electrons. The monoisotopic (exact) mass is 958 g/mol.